The molecule has 0 atom stereocenters. The van der Waals surface area contributed by atoms with Crippen molar-refractivity contribution < 1.29 is 10.2 Å². The largest absolute Gasteiger partial charge is 0.508 e. The molecule has 0 unspecified atom stereocenters. The van der Waals surface area contributed by atoms with Crippen molar-refractivity contribution in [2.75, 3.05) is 0 Å². The maximum atomic E-state index is 9.66. The minimum absolute atomic E-state index is 0.0706. The molecule has 3 aromatic rings. The summed E-state index contributed by atoms with van der Waals surface area (Å²) in [6, 6.07) is 10.7. The van der Waals surface area contributed by atoms with Crippen LogP contribution in [-0.4, -0.2) is 15.2 Å². The second-order valence-electron chi connectivity index (χ2n) is 3.56. The fraction of sp³-hybridized carbons (Fsp3) is 0. The van der Waals surface area contributed by atoms with E-state index < -0.39 is 0 Å². The number of nitrogens with one attached hydrogen (secondary N) is 1. The van der Waals surface area contributed by atoms with E-state index >= 15 is 0 Å². The van der Waals surface area contributed by atoms with Crippen LogP contribution in [0.4, 0.5) is 0 Å². The van der Waals surface area contributed by atoms with Gasteiger partial charge in [-0.1, -0.05) is 18.2 Å². The van der Waals surface area contributed by atoms with Gasteiger partial charge in [0.05, 0.1) is 5.52 Å². The number of para-hydroxylation sites is 1. The van der Waals surface area contributed by atoms with Gasteiger partial charge in [-0.2, -0.15) is 0 Å². The Hall–Kier alpha value is -2.16. The predicted molar refractivity (Wildman–Crippen MR) is 59.1 cm³/mol. The number of aromatic amines is 1. The van der Waals surface area contributed by atoms with Crippen molar-refractivity contribution in [1.82, 2.24) is 4.98 Å². The van der Waals surface area contributed by atoms with Gasteiger partial charge in [0.1, 0.15) is 11.5 Å². The van der Waals surface area contributed by atoms with Gasteiger partial charge in [-0.05, 0) is 12.1 Å². The fourth-order valence-corrected chi connectivity index (χ4v) is 1.92. The van der Waals surface area contributed by atoms with Gasteiger partial charge < -0.3 is 15.2 Å². The smallest absolute Gasteiger partial charge is 0.143 e. The summed E-state index contributed by atoms with van der Waals surface area (Å²) in [5.41, 5.74) is 1.61. The topological polar surface area (TPSA) is 56.2 Å². The molecular weight excluding hydrogens is 190 g/mol. The summed E-state index contributed by atoms with van der Waals surface area (Å²) in [6.07, 6.45) is 0. The molecule has 3 heteroatoms. The number of phenolic OH excluding ortho intramolecular Hbond substituents is 2. The van der Waals surface area contributed by atoms with Crippen LogP contribution in [-0.2, 0) is 0 Å². The highest BCUT2D eigenvalue weighted by molar-refractivity contribution is 6.09. The Balaban J connectivity index is 2.61. The normalized spacial score (nSPS) is 11.2. The zero-order valence-electron chi connectivity index (χ0n) is 7.86. The van der Waals surface area contributed by atoms with Gasteiger partial charge in [0.15, 0.2) is 0 Å². The minimum Gasteiger partial charge on any atom is -0.508 e. The Bertz CT molecular complexity index is 655. The first-order valence-corrected chi connectivity index (χ1v) is 4.68. The molecule has 0 aliphatic heterocycles. The number of hydrogen-bond acceptors (Lipinski definition) is 2. The van der Waals surface area contributed by atoms with Crippen LogP contribution in [0.5, 0.6) is 11.5 Å². The van der Waals surface area contributed by atoms with Crippen molar-refractivity contribution >= 4 is 21.8 Å². The van der Waals surface area contributed by atoms with Crippen molar-refractivity contribution in [1.29, 1.82) is 0 Å². The summed E-state index contributed by atoms with van der Waals surface area (Å²) >= 11 is 0. The van der Waals surface area contributed by atoms with Crippen LogP contribution in [0.15, 0.2) is 36.4 Å². The number of aromatic nitrogens is 1. The zero-order chi connectivity index (χ0) is 10.4. The van der Waals surface area contributed by atoms with Gasteiger partial charge in [-0.15, -0.1) is 0 Å². The third-order valence-electron chi connectivity index (χ3n) is 2.58. The van der Waals surface area contributed by atoms with E-state index in [9.17, 15) is 10.2 Å². The molecule has 0 fully saturated rings. The lowest BCUT2D eigenvalue weighted by atomic mass is 10.1. The Kier molecular flexibility index (Phi) is 1.45. The summed E-state index contributed by atoms with van der Waals surface area (Å²) in [4.78, 5) is 3.11. The molecule has 1 heterocycles. The third kappa shape index (κ3) is 1.06. The van der Waals surface area contributed by atoms with Crippen molar-refractivity contribution in [3.8, 4) is 11.5 Å². The van der Waals surface area contributed by atoms with Gasteiger partial charge in [-0.3, -0.25) is 0 Å². The quantitative estimate of drug-likeness (QED) is 0.521. The van der Waals surface area contributed by atoms with Crippen molar-refractivity contribution in [2.45, 2.75) is 0 Å². The number of hydrogen-bond donors (Lipinski definition) is 3. The first-order chi connectivity index (χ1) is 7.25. The van der Waals surface area contributed by atoms with E-state index in [1.807, 2.05) is 24.3 Å². The minimum atomic E-state index is 0.0706. The monoisotopic (exact) mass is 199 g/mol. The van der Waals surface area contributed by atoms with E-state index in [2.05, 4.69) is 4.98 Å². The molecule has 3 nitrogen and oxygen atoms in total. The van der Waals surface area contributed by atoms with Crippen LogP contribution >= 0.6 is 0 Å². The van der Waals surface area contributed by atoms with E-state index in [-0.39, 0.29) is 11.5 Å². The molecule has 0 saturated heterocycles. The van der Waals surface area contributed by atoms with Crippen molar-refractivity contribution in [2.24, 2.45) is 0 Å². The number of phenols is 2. The Labute approximate surface area is 85.6 Å². The van der Waals surface area contributed by atoms with Crippen molar-refractivity contribution in [3.63, 3.8) is 0 Å². The maximum Gasteiger partial charge on any atom is 0.143 e. The molecule has 0 aliphatic rings. The molecule has 2 aromatic carbocycles. The van der Waals surface area contributed by atoms with Crippen molar-refractivity contribution in [3.05, 3.63) is 36.4 Å². The van der Waals surface area contributed by atoms with Crippen LogP contribution in [0, 0.1) is 0 Å². The number of benzene rings is 2. The number of aromatic hydroxyl groups is 2. The Morgan fingerprint density at radius 2 is 1.73 bits per heavy atom. The van der Waals surface area contributed by atoms with Crippen LogP contribution in [0.3, 0.4) is 0 Å². The highest BCUT2D eigenvalue weighted by Gasteiger charge is 2.08. The van der Waals surface area contributed by atoms with Gasteiger partial charge >= 0.3 is 0 Å². The summed E-state index contributed by atoms with van der Waals surface area (Å²) in [5, 5.41) is 20.9. The number of rotatable bonds is 0. The molecule has 74 valence electrons. The summed E-state index contributed by atoms with van der Waals surface area (Å²) in [6.45, 7) is 0. The predicted octanol–water partition coefficient (Wildman–Crippen LogP) is 2.73. The number of fused-ring (bicyclic) bond motifs is 3. The van der Waals surface area contributed by atoms with Gasteiger partial charge in [0.25, 0.3) is 0 Å². The summed E-state index contributed by atoms with van der Waals surface area (Å²) < 4.78 is 0. The highest BCUT2D eigenvalue weighted by atomic mass is 16.3. The third-order valence-corrected chi connectivity index (χ3v) is 2.58. The second kappa shape index (κ2) is 2.67. The molecule has 3 rings (SSSR count). The van der Waals surface area contributed by atoms with Crippen LogP contribution in [0.25, 0.3) is 21.8 Å². The molecule has 1 aromatic heterocycles. The fourth-order valence-electron chi connectivity index (χ4n) is 1.92. The lowest BCUT2D eigenvalue weighted by Crippen LogP contribution is -1.70. The summed E-state index contributed by atoms with van der Waals surface area (Å²) in [5.74, 6) is 0.144. The average Bonchev–Trinajstić information content (AvgIpc) is 2.57. The molecular formula is C12H9NO2. The Morgan fingerprint density at radius 3 is 2.60 bits per heavy atom. The van der Waals surface area contributed by atoms with E-state index in [0.29, 0.717) is 5.52 Å². The average molecular weight is 199 g/mol. The SMILES string of the molecule is Oc1cc(O)c2[nH]c3ccccc3c2c1. The Morgan fingerprint density at radius 1 is 0.933 bits per heavy atom. The molecule has 0 saturated carbocycles. The lowest BCUT2D eigenvalue weighted by Gasteiger charge is -1.96. The standard InChI is InChI=1S/C12H9NO2/c14-7-5-9-8-3-1-2-4-10(8)13-12(9)11(15)6-7/h1-6,13-15H. The maximum absolute atomic E-state index is 9.66. The van der Waals surface area contributed by atoms with Gasteiger partial charge in [-0.25, -0.2) is 0 Å². The van der Waals surface area contributed by atoms with Gasteiger partial charge in [0, 0.05) is 22.4 Å². The molecule has 3 N–H and O–H groups in total. The van der Waals surface area contributed by atoms with Gasteiger partial charge in [0.2, 0.25) is 0 Å². The molecule has 15 heavy (non-hydrogen) atoms. The second-order valence-corrected chi connectivity index (χ2v) is 3.56. The molecule has 0 aliphatic carbocycles. The van der Waals surface area contributed by atoms with Crippen LogP contribution in [0.2, 0.25) is 0 Å². The highest BCUT2D eigenvalue weighted by Crippen LogP contribution is 2.34. The first-order valence-electron chi connectivity index (χ1n) is 4.68. The summed E-state index contributed by atoms with van der Waals surface area (Å²) in [7, 11) is 0. The van der Waals surface area contributed by atoms with E-state index in [0.717, 1.165) is 16.3 Å². The van der Waals surface area contributed by atoms with E-state index in [4.69, 9.17) is 0 Å². The molecule has 0 amide bonds. The molecule has 0 spiro atoms. The lowest BCUT2D eigenvalue weighted by molar-refractivity contribution is 0.454. The van der Waals surface area contributed by atoms with Crippen LogP contribution in [0.1, 0.15) is 0 Å². The first kappa shape index (κ1) is 8.17. The number of H-pyrrole nitrogens is 1. The van der Waals surface area contributed by atoms with E-state index in [1.54, 1.807) is 6.07 Å². The zero-order valence-corrected chi connectivity index (χ0v) is 7.86. The van der Waals surface area contributed by atoms with E-state index in [1.165, 1.54) is 6.07 Å². The molecule has 0 bridgehead atoms. The molecule has 0 radical (unpaired) electrons. The van der Waals surface area contributed by atoms with Crippen LogP contribution < -0.4 is 0 Å².